The van der Waals surface area contributed by atoms with Crippen LogP contribution in [0.25, 0.3) is 0 Å². The Hall–Kier alpha value is -3.85. The van der Waals surface area contributed by atoms with Crippen molar-refractivity contribution >= 4 is 5.97 Å². The highest BCUT2D eigenvalue weighted by Gasteiger charge is 2.41. The summed E-state index contributed by atoms with van der Waals surface area (Å²) in [5.74, 6) is 0.778. The van der Waals surface area contributed by atoms with E-state index in [4.69, 9.17) is 18.9 Å². The first-order chi connectivity index (χ1) is 19.5. The summed E-state index contributed by atoms with van der Waals surface area (Å²) in [6.45, 7) is 0.492. The molecule has 0 fully saturated rings. The maximum absolute atomic E-state index is 12.6. The van der Waals surface area contributed by atoms with E-state index in [1.807, 2.05) is 66.7 Å². The molecule has 0 aromatic heterocycles. The Morgan fingerprint density at radius 3 is 2.35 bits per heavy atom. The minimum Gasteiger partial charge on any atom is -0.497 e. The number of benzene rings is 3. The average Bonchev–Trinajstić information content (AvgIpc) is 3.51. The molecule has 8 heteroatoms. The van der Waals surface area contributed by atoms with Crippen LogP contribution in [0, 0.1) is 0 Å². The van der Waals surface area contributed by atoms with E-state index >= 15 is 0 Å². The molecule has 0 radical (unpaired) electrons. The van der Waals surface area contributed by atoms with Gasteiger partial charge in [0.15, 0.2) is 11.5 Å². The molecule has 2 N–H and O–H groups in total. The van der Waals surface area contributed by atoms with E-state index in [9.17, 15) is 15.0 Å². The SMILES string of the molecule is COc1ccc(COc2c(OC)ccc3c2C[C@@H](C(=O)O)N(C(O)[C@@H](OC2CC=CC2)c2ccccc2)C3)cc1. The quantitative estimate of drug-likeness (QED) is 0.329. The predicted molar refractivity (Wildman–Crippen MR) is 149 cm³/mol. The third kappa shape index (κ3) is 5.99. The summed E-state index contributed by atoms with van der Waals surface area (Å²) in [6.07, 6.45) is 3.84. The van der Waals surface area contributed by atoms with Crippen LogP contribution >= 0.6 is 0 Å². The highest BCUT2D eigenvalue weighted by Crippen LogP contribution is 2.41. The van der Waals surface area contributed by atoms with Gasteiger partial charge in [0, 0.05) is 18.5 Å². The zero-order valence-corrected chi connectivity index (χ0v) is 22.7. The van der Waals surface area contributed by atoms with Crippen molar-refractivity contribution in [2.45, 2.75) is 56.9 Å². The maximum Gasteiger partial charge on any atom is 0.321 e. The van der Waals surface area contributed by atoms with Gasteiger partial charge in [0.1, 0.15) is 30.7 Å². The summed E-state index contributed by atoms with van der Waals surface area (Å²) in [6, 6.07) is 19.8. The van der Waals surface area contributed by atoms with E-state index < -0.39 is 24.3 Å². The summed E-state index contributed by atoms with van der Waals surface area (Å²) >= 11 is 0. The number of ether oxygens (including phenoxy) is 4. The van der Waals surface area contributed by atoms with E-state index in [2.05, 4.69) is 12.2 Å². The lowest BCUT2D eigenvalue weighted by atomic mass is 9.91. The first-order valence-electron chi connectivity index (χ1n) is 13.4. The molecule has 0 saturated heterocycles. The highest BCUT2D eigenvalue weighted by molar-refractivity contribution is 5.75. The zero-order chi connectivity index (χ0) is 28.1. The number of aliphatic hydroxyl groups excluding tert-OH is 1. The molecular formula is C32H35NO7. The number of fused-ring (bicyclic) bond motifs is 1. The number of carbonyl (C=O) groups is 1. The molecule has 2 aliphatic rings. The van der Waals surface area contributed by atoms with Crippen molar-refractivity contribution in [2.75, 3.05) is 14.2 Å². The van der Waals surface area contributed by atoms with E-state index in [0.717, 1.165) is 40.8 Å². The molecule has 0 spiro atoms. The average molecular weight is 546 g/mol. The van der Waals surface area contributed by atoms with Crippen LogP contribution in [0.4, 0.5) is 0 Å². The molecule has 0 amide bonds. The molecule has 3 atom stereocenters. The van der Waals surface area contributed by atoms with E-state index in [0.29, 0.717) is 11.5 Å². The van der Waals surface area contributed by atoms with Crippen LogP contribution in [-0.2, 0) is 29.1 Å². The molecule has 5 rings (SSSR count). The summed E-state index contributed by atoms with van der Waals surface area (Å²) in [5.41, 5.74) is 3.37. The van der Waals surface area contributed by atoms with Crippen molar-refractivity contribution in [1.82, 2.24) is 4.90 Å². The number of nitrogens with zero attached hydrogens (tertiary/aromatic N) is 1. The molecular weight excluding hydrogens is 510 g/mol. The Morgan fingerprint density at radius 1 is 0.975 bits per heavy atom. The number of aliphatic carboxylic acids is 1. The second-order valence-electron chi connectivity index (χ2n) is 10.0. The van der Waals surface area contributed by atoms with Gasteiger partial charge >= 0.3 is 5.97 Å². The van der Waals surface area contributed by atoms with Crippen LogP contribution in [0.5, 0.6) is 17.2 Å². The lowest BCUT2D eigenvalue weighted by Crippen LogP contribution is -2.53. The molecule has 40 heavy (non-hydrogen) atoms. The minimum absolute atomic E-state index is 0.0672. The Labute approximate surface area is 234 Å². The van der Waals surface area contributed by atoms with Crippen LogP contribution in [0.2, 0.25) is 0 Å². The second-order valence-corrected chi connectivity index (χ2v) is 10.0. The van der Waals surface area contributed by atoms with E-state index in [1.165, 1.54) is 0 Å². The van der Waals surface area contributed by atoms with E-state index in [-0.39, 0.29) is 25.7 Å². The van der Waals surface area contributed by atoms with Crippen molar-refractivity contribution in [3.8, 4) is 17.2 Å². The Balaban J connectivity index is 1.43. The number of hydrogen-bond acceptors (Lipinski definition) is 7. The fraction of sp³-hybridized carbons (Fsp3) is 0.344. The van der Waals surface area contributed by atoms with E-state index in [1.54, 1.807) is 19.1 Å². The van der Waals surface area contributed by atoms with Gasteiger partial charge in [-0.05, 0) is 47.7 Å². The Bertz CT molecular complexity index is 1320. The van der Waals surface area contributed by atoms with Crippen LogP contribution in [-0.4, -0.2) is 53.7 Å². The van der Waals surface area contributed by atoms with Gasteiger partial charge in [-0.25, -0.2) is 0 Å². The molecule has 0 saturated carbocycles. The van der Waals surface area contributed by atoms with Crippen molar-refractivity contribution < 1.29 is 34.0 Å². The van der Waals surface area contributed by atoms with Crippen LogP contribution in [0.15, 0.2) is 78.9 Å². The smallest absolute Gasteiger partial charge is 0.321 e. The normalized spacial score (nSPS) is 18.6. The van der Waals surface area contributed by atoms with Crippen molar-refractivity contribution in [2.24, 2.45) is 0 Å². The largest absolute Gasteiger partial charge is 0.497 e. The number of carboxylic acid groups (broad SMARTS) is 1. The van der Waals surface area contributed by atoms with Crippen molar-refractivity contribution in [1.29, 1.82) is 0 Å². The third-order valence-corrected chi connectivity index (χ3v) is 7.56. The summed E-state index contributed by atoms with van der Waals surface area (Å²) in [7, 11) is 3.18. The minimum atomic E-state index is -1.18. The highest BCUT2D eigenvalue weighted by atomic mass is 16.5. The second kappa shape index (κ2) is 12.6. The lowest BCUT2D eigenvalue weighted by molar-refractivity contribution is -0.170. The number of methoxy groups -OCH3 is 2. The summed E-state index contributed by atoms with van der Waals surface area (Å²) in [5, 5.41) is 22.0. The fourth-order valence-electron chi connectivity index (χ4n) is 5.39. The van der Waals surface area contributed by atoms with Gasteiger partial charge < -0.3 is 29.2 Å². The number of aliphatic hydroxyl groups is 1. The number of carboxylic acids is 1. The van der Waals surface area contributed by atoms with Gasteiger partial charge in [0.2, 0.25) is 0 Å². The monoisotopic (exact) mass is 545 g/mol. The third-order valence-electron chi connectivity index (χ3n) is 7.56. The van der Waals surface area contributed by atoms with Gasteiger partial charge in [-0.2, -0.15) is 0 Å². The van der Waals surface area contributed by atoms with Crippen LogP contribution in [0.1, 0.15) is 41.2 Å². The van der Waals surface area contributed by atoms with Crippen molar-refractivity contribution in [3.05, 3.63) is 101 Å². The first kappa shape index (κ1) is 27.7. The molecule has 3 aromatic carbocycles. The van der Waals surface area contributed by atoms with Gasteiger partial charge in [-0.1, -0.05) is 60.7 Å². The van der Waals surface area contributed by atoms with Gasteiger partial charge in [0.25, 0.3) is 0 Å². The Kier molecular flexibility index (Phi) is 8.69. The summed E-state index contributed by atoms with van der Waals surface area (Å²) in [4.78, 5) is 14.2. The molecule has 0 bridgehead atoms. The van der Waals surface area contributed by atoms with Crippen LogP contribution < -0.4 is 14.2 Å². The topological polar surface area (TPSA) is 97.7 Å². The van der Waals surface area contributed by atoms with Gasteiger partial charge in [0.05, 0.1) is 20.3 Å². The Morgan fingerprint density at radius 2 is 1.70 bits per heavy atom. The van der Waals surface area contributed by atoms with Crippen molar-refractivity contribution in [3.63, 3.8) is 0 Å². The van der Waals surface area contributed by atoms with Gasteiger partial charge in [-0.3, -0.25) is 9.69 Å². The van der Waals surface area contributed by atoms with Crippen LogP contribution in [0.3, 0.4) is 0 Å². The molecule has 1 unspecified atom stereocenters. The lowest BCUT2D eigenvalue weighted by Gasteiger charge is -2.41. The molecule has 210 valence electrons. The maximum atomic E-state index is 12.6. The standard InChI is InChI=1S/C32H35NO7/c1-37-24-15-12-21(13-16-24)20-39-30-26-18-27(32(35)36)33(19-23(26)14-17-28(30)38-2)31(34)29(22-8-4-3-5-9-22)40-25-10-6-7-11-25/h3-9,12-17,25,27,29,31,34H,10-11,18-20H2,1-2H3,(H,35,36)/t27-,29-,31?/m0/s1. The van der Waals surface area contributed by atoms with Gasteiger partial charge in [-0.15, -0.1) is 0 Å². The summed E-state index contributed by atoms with van der Waals surface area (Å²) < 4.78 is 23.5. The first-order valence-corrected chi connectivity index (χ1v) is 13.4. The zero-order valence-electron chi connectivity index (χ0n) is 22.7. The molecule has 3 aromatic rings. The fourth-order valence-corrected chi connectivity index (χ4v) is 5.39. The molecule has 1 heterocycles. The predicted octanol–water partition coefficient (Wildman–Crippen LogP) is 4.89. The molecule has 1 aliphatic heterocycles. The molecule has 1 aliphatic carbocycles. The number of hydrogen-bond donors (Lipinski definition) is 2. The number of rotatable bonds is 11. The molecule has 8 nitrogen and oxygen atoms in total.